The van der Waals surface area contributed by atoms with Crippen LogP contribution in [0.25, 0.3) is 0 Å². The van der Waals surface area contributed by atoms with Gasteiger partial charge in [0.25, 0.3) is 0 Å². The van der Waals surface area contributed by atoms with Crippen molar-refractivity contribution in [2.45, 2.75) is 13.5 Å². The highest BCUT2D eigenvalue weighted by Gasteiger charge is 2.04. The van der Waals surface area contributed by atoms with Crippen LogP contribution in [0.2, 0.25) is 0 Å². The van der Waals surface area contributed by atoms with Gasteiger partial charge in [-0.25, -0.2) is 4.79 Å². The Balaban J connectivity index is 2.91. The van der Waals surface area contributed by atoms with Crippen molar-refractivity contribution in [1.82, 2.24) is 5.10 Å². The Morgan fingerprint density at radius 1 is 1.82 bits per heavy atom. The average Bonchev–Trinajstić information content (AvgIpc) is 2.05. The topological polar surface area (TPSA) is 54.1 Å². The number of aromatic nitrogens is 2. The molecule has 0 atom stereocenters. The van der Waals surface area contributed by atoms with Crippen molar-refractivity contribution in [3.8, 4) is 0 Å². The molecule has 0 bridgehead atoms. The molecule has 4 nitrogen and oxygen atoms in total. The van der Waals surface area contributed by atoms with E-state index in [4.69, 9.17) is 5.11 Å². The van der Waals surface area contributed by atoms with E-state index in [9.17, 15) is 4.79 Å². The minimum atomic E-state index is -0.944. The SMILES string of the molecule is CC[n+]1ccc(C(=O)O)cn1. The molecule has 0 radical (unpaired) electrons. The van der Waals surface area contributed by atoms with Crippen LogP contribution in [-0.4, -0.2) is 16.2 Å². The monoisotopic (exact) mass is 153 g/mol. The first-order chi connectivity index (χ1) is 5.24. The number of aryl methyl sites for hydroxylation is 1. The summed E-state index contributed by atoms with van der Waals surface area (Å²) in [6.45, 7) is 2.69. The molecular weight excluding hydrogens is 144 g/mol. The summed E-state index contributed by atoms with van der Waals surface area (Å²) in [5.41, 5.74) is 0.217. The number of carboxylic acids is 1. The third-order valence-corrected chi connectivity index (χ3v) is 1.34. The van der Waals surface area contributed by atoms with Gasteiger partial charge in [0.1, 0.15) is 6.20 Å². The van der Waals surface area contributed by atoms with Crippen LogP contribution in [0.4, 0.5) is 0 Å². The number of aromatic carboxylic acids is 1. The summed E-state index contributed by atoms with van der Waals surface area (Å²) in [7, 11) is 0. The van der Waals surface area contributed by atoms with Gasteiger partial charge in [-0.05, 0) is 12.0 Å². The van der Waals surface area contributed by atoms with Crippen LogP contribution in [0.15, 0.2) is 18.5 Å². The molecule has 1 rings (SSSR count). The molecule has 11 heavy (non-hydrogen) atoms. The highest BCUT2D eigenvalue weighted by Crippen LogP contribution is 1.90. The number of hydrogen-bond acceptors (Lipinski definition) is 2. The van der Waals surface area contributed by atoms with Gasteiger partial charge in [0.05, 0.1) is 5.56 Å². The number of carboxylic acid groups (broad SMARTS) is 1. The first-order valence-corrected chi connectivity index (χ1v) is 3.33. The molecule has 0 fully saturated rings. The van der Waals surface area contributed by atoms with Crippen molar-refractivity contribution >= 4 is 5.97 Å². The number of rotatable bonds is 2. The summed E-state index contributed by atoms with van der Waals surface area (Å²) in [5.74, 6) is -0.944. The lowest BCUT2D eigenvalue weighted by Gasteiger charge is -1.89. The molecule has 4 heteroatoms. The third-order valence-electron chi connectivity index (χ3n) is 1.34. The normalized spacial score (nSPS) is 9.55. The largest absolute Gasteiger partial charge is 0.478 e. The summed E-state index contributed by atoms with van der Waals surface area (Å²) in [6.07, 6.45) is 2.98. The van der Waals surface area contributed by atoms with E-state index in [0.717, 1.165) is 6.54 Å². The molecule has 0 aromatic carbocycles. The molecule has 0 unspecified atom stereocenters. The third kappa shape index (κ3) is 1.73. The molecule has 1 heterocycles. The molecule has 0 aliphatic heterocycles. The molecule has 0 amide bonds. The maximum Gasteiger partial charge on any atom is 0.337 e. The average molecular weight is 153 g/mol. The molecule has 1 aromatic heterocycles. The Morgan fingerprint density at radius 2 is 2.55 bits per heavy atom. The van der Waals surface area contributed by atoms with Gasteiger partial charge in [0, 0.05) is 6.07 Å². The van der Waals surface area contributed by atoms with Crippen molar-refractivity contribution in [3.05, 3.63) is 24.0 Å². The van der Waals surface area contributed by atoms with E-state index in [1.165, 1.54) is 12.3 Å². The molecule has 0 saturated heterocycles. The van der Waals surface area contributed by atoms with E-state index in [0.29, 0.717) is 0 Å². The van der Waals surface area contributed by atoms with Crippen LogP contribution in [0.5, 0.6) is 0 Å². The smallest absolute Gasteiger partial charge is 0.337 e. The van der Waals surface area contributed by atoms with Crippen LogP contribution >= 0.6 is 0 Å². The fraction of sp³-hybridized carbons (Fsp3) is 0.286. The Kier molecular flexibility index (Phi) is 2.15. The standard InChI is InChI=1S/C7H8N2O2/c1-2-9-4-3-6(5-8-9)7(10)11/h3-5H,2H2,1H3/p+1. The van der Waals surface area contributed by atoms with E-state index in [1.807, 2.05) is 6.92 Å². The van der Waals surface area contributed by atoms with E-state index in [-0.39, 0.29) is 5.56 Å². The highest BCUT2D eigenvalue weighted by atomic mass is 16.4. The van der Waals surface area contributed by atoms with Gasteiger partial charge in [-0.3, -0.25) is 0 Å². The van der Waals surface area contributed by atoms with Crippen molar-refractivity contribution in [2.75, 3.05) is 0 Å². The molecule has 0 aliphatic rings. The maximum absolute atomic E-state index is 10.4. The van der Waals surface area contributed by atoms with Crippen molar-refractivity contribution in [3.63, 3.8) is 0 Å². The minimum Gasteiger partial charge on any atom is -0.478 e. The van der Waals surface area contributed by atoms with Crippen molar-refractivity contribution in [1.29, 1.82) is 0 Å². The van der Waals surface area contributed by atoms with Gasteiger partial charge < -0.3 is 5.11 Å². The predicted molar refractivity (Wildman–Crippen MR) is 37.1 cm³/mol. The Bertz CT molecular complexity index is 256. The molecular formula is C7H9N2O2+. The van der Waals surface area contributed by atoms with Crippen LogP contribution < -0.4 is 4.68 Å². The van der Waals surface area contributed by atoms with Crippen molar-refractivity contribution in [2.24, 2.45) is 0 Å². The van der Waals surface area contributed by atoms with Crippen molar-refractivity contribution < 1.29 is 14.6 Å². The zero-order valence-corrected chi connectivity index (χ0v) is 6.19. The lowest BCUT2D eigenvalue weighted by atomic mass is 10.3. The van der Waals surface area contributed by atoms with E-state index in [1.54, 1.807) is 10.9 Å². The maximum atomic E-state index is 10.4. The zero-order valence-electron chi connectivity index (χ0n) is 6.19. The van der Waals surface area contributed by atoms with Crippen LogP contribution in [0.3, 0.4) is 0 Å². The summed E-state index contributed by atoms with van der Waals surface area (Å²) in [6, 6.07) is 1.53. The second-order valence-electron chi connectivity index (χ2n) is 2.08. The van der Waals surface area contributed by atoms with Gasteiger partial charge in [0.15, 0.2) is 12.7 Å². The van der Waals surface area contributed by atoms with Crippen LogP contribution in [0.1, 0.15) is 17.3 Å². The molecule has 0 saturated carbocycles. The highest BCUT2D eigenvalue weighted by molar-refractivity contribution is 5.86. The van der Waals surface area contributed by atoms with Gasteiger partial charge in [-0.15, -0.1) is 0 Å². The van der Waals surface area contributed by atoms with Crippen LogP contribution in [0, 0.1) is 0 Å². The fourth-order valence-corrected chi connectivity index (χ4v) is 0.698. The second kappa shape index (κ2) is 3.09. The minimum absolute atomic E-state index is 0.217. The van der Waals surface area contributed by atoms with Crippen LogP contribution in [-0.2, 0) is 6.54 Å². The summed E-state index contributed by atoms with van der Waals surface area (Å²) in [5, 5.41) is 12.4. The zero-order chi connectivity index (χ0) is 8.27. The molecule has 0 spiro atoms. The van der Waals surface area contributed by atoms with Gasteiger partial charge >= 0.3 is 5.97 Å². The molecule has 1 aromatic rings. The fourth-order valence-electron chi connectivity index (χ4n) is 0.698. The van der Waals surface area contributed by atoms with E-state index >= 15 is 0 Å². The Morgan fingerprint density at radius 3 is 2.91 bits per heavy atom. The number of hydrogen-bond donors (Lipinski definition) is 1. The lowest BCUT2D eigenvalue weighted by molar-refractivity contribution is -0.751. The molecule has 0 aliphatic carbocycles. The molecule has 58 valence electrons. The molecule has 1 N–H and O–H groups in total. The van der Waals surface area contributed by atoms with E-state index in [2.05, 4.69) is 5.10 Å². The Labute approximate surface area is 64.1 Å². The first kappa shape index (κ1) is 7.65. The van der Waals surface area contributed by atoms with Gasteiger partial charge in [-0.2, -0.15) is 0 Å². The predicted octanol–water partition coefficient (Wildman–Crippen LogP) is 0.0872. The van der Waals surface area contributed by atoms with E-state index < -0.39 is 5.97 Å². The summed E-state index contributed by atoms with van der Waals surface area (Å²) in [4.78, 5) is 10.4. The van der Waals surface area contributed by atoms with Gasteiger partial charge in [0.2, 0.25) is 0 Å². The number of carbonyl (C=O) groups is 1. The lowest BCUT2D eigenvalue weighted by Crippen LogP contribution is -2.36. The summed E-state index contributed by atoms with van der Waals surface area (Å²) >= 11 is 0. The quantitative estimate of drug-likeness (QED) is 0.612. The Hall–Kier alpha value is -1.45. The first-order valence-electron chi connectivity index (χ1n) is 3.33. The van der Waals surface area contributed by atoms with Gasteiger partial charge in [-0.1, -0.05) is 4.68 Å². The number of nitrogens with zero attached hydrogens (tertiary/aromatic N) is 2. The second-order valence-corrected chi connectivity index (χ2v) is 2.08. The summed E-state index contributed by atoms with van der Waals surface area (Å²) < 4.78 is 1.66.